The zero-order chi connectivity index (χ0) is 17.0. The fraction of sp³-hybridized carbons (Fsp3) is 0.684. The Balaban J connectivity index is 1.59. The number of anilines is 1. The molecule has 2 aliphatic rings. The van der Waals surface area contributed by atoms with E-state index in [1.807, 2.05) is 36.3 Å². The molecule has 1 saturated carbocycles. The topological polar surface area (TPSA) is 56.7 Å². The van der Waals surface area contributed by atoms with Crippen LogP contribution in [0.4, 0.5) is 5.82 Å². The molecule has 1 aliphatic carbocycles. The summed E-state index contributed by atoms with van der Waals surface area (Å²) in [6.45, 7) is 1.80. The van der Waals surface area contributed by atoms with Crippen molar-refractivity contribution >= 4 is 11.7 Å². The molecule has 0 bridgehead atoms. The highest BCUT2D eigenvalue weighted by molar-refractivity contribution is 5.77. The lowest BCUT2D eigenvalue weighted by Crippen LogP contribution is -2.50. The zero-order valence-electron chi connectivity index (χ0n) is 14.7. The number of amides is 1. The van der Waals surface area contributed by atoms with Gasteiger partial charge in [-0.1, -0.05) is 25.3 Å². The molecule has 1 N–H and O–H groups in total. The minimum Gasteiger partial charge on any atom is -0.389 e. The Morgan fingerprint density at radius 1 is 1.33 bits per heavy atom. The first kappa shape index (κ1) is 17.2. The van der Waals surface area contributed by atoms with E-state index in [2.05, 4.69) is 9.88 Å². The molecule has 0 radical (unpaired) electrons. The van der Waals surface area contributed by atoms with E-state index in [1.165, 1.54) is 6.42 Å². The smallest absolute Gasteiger partial charge is 0.225 e. The minimum absolute atomic E-state index is 0.0762. The highest BCUT2D eigenvalue weighted by Gasteiger charge is 2.35. The molecule has 0 unspecified atom stereocenters. The standard InChI is InChI=1S/C19H29N3O2/c1-21(18(23)14-19(24)10-4-2-5-11-19)16-8-7-13-22(15-16)17-9-3-6-12-20-17/h3,6,9,12,16,24H,2,4-5,7-8,10-11,13-15H2,1H3/t16-/m0/s1. The molecule has 3 rings (SSSR count). The number of nitrogens with zero attached hydrogens (tertiary/aromatic N) is 3. The Hall–Kier alpha value is -1.62. The Kier molecular flexibility index (Phi) is 5.39. The lowest BCUT2D eigenvalue weighted by molar-refractivity contribution is -0.138. The van der Waals surface area contributed by atoms with Gasteiger partial charge in [-0.25, -0.2) is 4.98 Å². The third kappa shape index (κ3) is 4.07. The second kappa shape index (κ2) is 7.51. The summed E-state index contributed by atoms with van der Waals surface area (Å²) in [6, 6.07) is 6.14. The fourth-order valence-corrected chi connectivity index (χ4v) is 4.02. The maximum atomic E-state index is 12.7. The van der Waals surface area contributed by atoms with Crippen LogP contribution in [0.25, 0.3) is 0 Å². The normalized spacial score (nSPS) is 23.8. The average Bonchev–Trinajstić information content (AvgIpc) is 2.62. The zero-order valence-corrected chi connectivity index (χ0v) is 14.7. The number of carbonyl (C=O) groups is 1. The van der Waals surface area contributed by atoms with Crippen molar-refractivity contribution in [3.05, 3.63) is 24.4 Å². The number of rotatable bonds is 4. The lowest BCUT2D eigenvalue weighted by Gasteiger charge is -2.40. The van der Waals surface area contributed by atoms with Crippen molar-refractivity contribution in [1.29, 1.82) is 0 Å². The number of hydrogen-bond acceptors (Lipinski definition) is 4. The molecular weight excluding hydrogens is 302 g/mol. The third-order valence-corrected chi connectivity index (χ3v) is 5.58. The van der Waals surface area contributed by atoms with Gasteiger partial charge in [-0.3, -0.25) is 4.79 Å². The number of pyridine rings is 1. The van der Waals surface area contributed by atoms with Gasteiger partial charge < -0.3 is 14.9 Å². The van der Waals surface area contributed by atoms with Gasteiger partial charge in [-0.2, -0.15) is 0 Å². The predicted octanol–water partition coefficient (Wildman–Crippen LogP) is 2.59. The van der Waals surface area contributed by atoms with Crippen molar-refractivity contribution in [3.8, 4) is 0 Å². The summed E-state index contributed by atoms with van der Waals surface area (Å²) in [5, 5.41) is 10.7. The van der Waals surface area contributed by atoms with Gasteiger partial charge in [0, 0.05) is 32.4 Å². The van der Waals surface area contributed by atoms with Gasteiger partial charge in [0.05, 0.1) is 12.0 Å². The molecule has 24 heavy (non-hydrogen) atoms. The average molecular weight is 331 g/mol. The van der Waals surface area contributed by atoms with Gasteiger partial charge in [0.25, 0.3) is 0 Å². The monoisotopic (exact) mass is 331 g/mol. The van der Waals surface area contributed by atoms with E-state index >= 15 is 0 Å². The first-order valence-corrected chi connectivity index (χ1v) is 9.21. The highest BCUT2D eigenvalue weighted by atomic mass is 16.3. The Morgan fingerprint density at radius 3 is 2.83 bits per heavy atom. The Bertz CT molecular complexity index is 543. The summed E-state index contributed by atoms with van der Waals surface area (Å²) in [6.07, 6.45) is 8.92. The summed E-state index contributed by atoms with van der Waals surface area (Å²) < 4.78 is 0. The van der Waals surface area contributed by atoms with Crippen LogP contribution in [0, 0.1) is 0 Å². The van der Waals surface area contributed by atoms with Gasteiger partial charge in [0.15, 0.2) is 0 Å². The molecule has 5 heteroatoms. The van der Waals surface area contributed by atoms with Crippen LogP contribution in [0.1, 0.15) is 51.4 Å². The van der Waals surface area contributed by atoms with E-state index in [-0.39, 0.29) is 18.4 Å². The van der Waals surface area contributed by atoms with Crippen molar-refractivity contribution in [1.82, 2.24) is 9.88 Å². The van der Waals surface area contributed by atoms with E-state index in [0.29, 0.717) is 0 Å². The molecule has 5 nitrogen and oxygen atoms in total. The van der Waals surface area contributed by atoms with E-state index in [9.17, 15) is 9.90 Å². The first-order valence-electron chi connectivity index (χ1n) is 9.21. The second-order valence-corrected chi connectivity index (χ2v) is 7.40. The molecule has 1 aromatic heterocycles. The summed E-state index contributed by atoms with van der Waals surface area (Å²) in [7, 11) is 1.89. The van der Waals surface area contributed by atoms with Crippen LogP contribution in [0.5, 0.6) is 0 Å². The van der Waals surface area contributed by atoms with Gasteiger partial charge in [0.1, 0.15) is 5.82 Å². The van der Waals surface area contributed by atoms with E-state index in [1.54, 1.807) is 0 Å². The molecule has 0 spiro atoms. The second-order valence-electron chi connectivity index (χ2n) is 7.40. The maximum Gasteiger partial charge on any atom is 0.225 e. The summed E-state index contributed by atoms with van der Waals surface area (Å²) >= 11 is 0. The van der Waals surface area contributed by atoms with E-state index < -0.39 is 5.60 Å². The van der Waals surface area contributed by atoms with Crippen molar-refractivity contribution in [3.63, 3.8) is 0 Å². The maximum absolute atomic E-state index is 12.7. The summed E-state index contributed by atoms with van der Waals surface area (Å²) in [5.74, 6) is 1.06. The third-order valence-electron chi connectivity index (χ3n) is 5.58. The number of likely N-dealkylation sites (N-methyl/N-ethyl adjacent to an activating group) is 1. The van der Waals surface area contributed by atoms with Gasteiger partial charge in [-0.15, -0.1) is 0 Å². The highest BCUT2D eigenvalue weighted by Crippen LogP contribution is 2.32. The van der Waals surface area contributed by atoms with Crippen LogP contribution in [0.15, 0.2) is 24.4 Å². The minimum atomic E-state index is -0.779. The number of aromatic nitrogens is 1. The number of carbonyl (C=O) groups excluding carboxylic acids is 1. The molecule has 1 atom stereocenters. The van der Waals surface area contributed by atoms with Crippen molar-refractivity contribution < 1.29 is 9.90 Å². The van der Waals surface area contributed by atoms with Crippen LogP contribution in [-0.2, 0) is 4.79 Å². The largest absolute Gasteiger partial charge is 0.389 e. The SMILES string of the molecule is CN(C(=O)CC1(O)CCCCC1)[C@H]1CCCN(c2ccccn2)C1. The molecule has 0 aromatic carbocycles. The molecule has 1 amide bonds. The first-order chi connectivity index (χ1) is 11.6. The van der Waals surface area contributed by atoms with Gasteiger partial charge in [0.2, 0.25) is 5.91 Å². The Morgan fingerprint density at radius 2 is 2.12 bits per heavy atom. The van der Waals surface area contributed by atoms with Gasteiger partial charge >= 0.3 is 0 Å². The molecule has 1 saturated heterocycles. The summed E-state index contributed by atoms with van der Waals surface area (Å²) in [4.78, 5) is 21.2. The van der Waals surface area contributed by atoms with E-state index in [4.69, 9.17) is 0 Å². The molecule has 1 aliphatic heterocycles. The van der Waals surface area contributed by atoms with Crippen molar-refractivity contribution in [2.75, 3.05) is 25.0 Å². The molecule has 1 aromatic rings. The molecule has 132 valence electrons. The number of aliphatic hydroxyl groups is 1. The quantitative estimate of drug-likeness (QED) is 0.921. The predicted molar refractivity (Wildman–Crippen MR) is 94.9 cm³/mol. The molecule has 2 heterocycles. The number of piperidine rings is 1. The van der Waals surface area contributed by atoms with Crippen LogP contribution in [-0.4, -0.2) is 52.7 Å². The van der Waals surface area contributed by atoms with Crippen LogP contribution in [0.3, 0.4) is 0 Å². The summed E-state index contributed by atoms with van der Waals surface area (Å²) in [5.41, 5.74) is -0.779. The molecule has 2 fully saturated rings. The van der Waals surface area contributed by atoms with Crippen LogP contribution >= 0.6 is 0 Å². The fourth-order valence-electron chi connectivity index (χ4n) is 4.02. The van der Waals surface area contributed by atoms with Crippen LogP contribution in [0.2, 0.25) is 0 Å². The van der Waals surface area contributed by atoms with E-state index in [0.717, 1.165) is 57.4 Å². The van der Waals surface area contributed by atoms with Gasteiger partial charge in [-0.05, 0) is 37.8 Å². The number of hydrogen-bond donors (Lipinski definition) is 1. The van der Waals surface area contributed by atoms with Crippen LogP contribution < -0.4 is 4.90 Å². The Labute approximate surface area is 144 Å². The van der Waals surface area contributed by atoms with Crippen molar-refractivity contribution in [2.24, 2.45) is 0 Å². The van der Waals surface area contributed by atoms with Crippen molar-refractivity contribution in [2.45, 2.75) is 63.0 Å². The molecular formula is C19H29N3O2. The lowest BCUT2D eigenvalue weighted by atomic mass is 9.82.